The Morgan fingerprint density at radius 1 is 1.25 bits per heavy atom. The van der Waals surface area contributed by atoms with Gasteiger partial charge in [0.25, 0.3) is 0 Å². The number of nitrogens with zero attached hydrogens (tertiary/aromatic N) is 7. The summed E-state index contributed by atoms with van der Waals surface area (Å²) in [6.45, 7) is 3.34. The number of hydrogen-bond acceptors (Lipinski definition) is 7. The van der Waals surface area contributed by atoms with E-state index in [2.05, 4.69) is 20.3 Å². The van der Waals surface area contributed by atoms with Crippen LogP contribution in [0.4, 0.5) is 18.3 Å². The van der Waals surface area contributed by atoms with Crippen molar-refractivity contribution in [3.05, 3.63) is 17.7 Å². The van der Waals surface area contributed by atoms with Crippen LogP contribution in [-0.4, -0.2) is 61.9 Å². The van der Waals surface area contributed by atoms with E-state index in [1.54, 1.807) is 16.7 Å². The number of alkyl halides is 3. The van der Waals surface area contributed by atoms with Gasteiger partial charge in [0.05, 0.1) is 0 Å². The Labute approximate surface area is 138 Å². The molecule has 1 atom stereocenters. The van der Waals surface area contributed by atoms with Crippen LogP contribution in [0.3, 0.4) is 0 Å². The Morgan fingerprint density at radius 3 is 2.50 bits per heavy atom. The van der Waals surface area contributed by atoms with Gasteiger partial charge in [-0.25, -0.2) is 9.67 Å². The highest BCUT2D eigenvalue weighted by molar-refractivity contribution is 7.15. The van der Waals surface area contributed by atoms with Gasteiger partial charge in [-0.1, -0.05) is 11.3 Å². The average Bonchev–Trinajstić information content (AvgIpc) is 3.24. The Morgan fingerprint density at radius 2 is 1.96 bits per heavy atom. The maximum Gasteiger partial charge on any atom is 0.445 e. The van der Waals surface area contributed by atoms with Crippen molar-refractivity contribution in [2.75, 3.05) is 31.1 Å². The molecule has 1 amide bonds. The molecule has 0 radical (unpaired) electrons. The van der Waals surface area contributed by atoms with E-state index in [0.717, 1.165) is 0 Å². The van der Waals surface area contributed by atoms with Crippen molar-refractivity contribution in [1.82, 2.24) is 29.9 Å². The minimum absolute atomic E-state index is 0.103. The zero-order valence-corrected chi connectivity index (χ0v) is 13.5. The third kappa shape index (κ3) is 3.32. The lowest BCUT2D eigenvalue weighted by molar-refractivity contribution is -0.138. The summed E-state index contributed by atoms with van der Waals surface area (Å²) >= 11 is 0.513. The maximum atomic E-state index is 12.6. The van der Waals surface area contributed by atoms with Gasteiger partial charge in [0.15, 0.2) is 0 Å². The maximum absolute atomic E-state index is 12.6. The molecule has 0 N–H and O–H groups in total. The molecular weight excluding hydrogens is 347 g/mol. The highest BCUT2D eigenvalue weighted by atomic mass is 32.1. The van der Waals surface area contributed by atoms with Crippen LogP contribution in [-0.2, 0) is 11.0 Å². The molecule has 0 unspecified atom stereocenters. The van der Waals surface area contributed by atoms with Crippen LogP contribution in [0.25, 0.3) is 0 Å². The molecule has 2 aromatic rings. The number of aromatic nitrogens is 5. The number of halogens is 3. The second-order valence-electron chi connectivity index (χ2n) is 5.25. The number of amides is 1. The molecular formula is C12H14F3N7OS. The van der Waals surface area contributed by atoms with E-state index in [1.807, 2.05) is 0 Å². The molecule has 1 saturated heterocycles. The third-order valence-corrected chi connectivity index (χ3v) is 4.74. The van der Waals surface area contributed by atoms with E-state index >= 15 is 0 Å². The molecule has 3 heterocycles. The largest absolute Gasteiger partial charge is 0.445 e. The van der Waals surface area contributed by atoms with Gasteiger partial charge in [-0.2, -0.15) is 18.3 Å². The van der Waals surface area contributed by atoms with Gasteiger partial charge in [0.1, 0.15) is 18.7 Å². The number of carbonyl (C=O) groups excluding carboxylic acids is 1. The summed E-state index contributed by atoms with van der Waals surface area (Å²) in [6.07, 6.45) is -1.66. The van der Waals surface area contributed by atoms with Gasteiger partial charge in [0, 0.05) is 26.2 Å². The fourth-order valence-electron chi connectivity index (χ4n) is 2.37. The van der Waals surface area contributed by atoms with E-state index in [9.17, 15) is 18.0 Å². The summed E-state index contributed by atoms with van der Waals surface area (Å²) in [5.41, 5.74) is 0. The Hall–Kier alpha value is -2.24. The fourth-order valence-corrected chi connectivity index (χ4v) is 3.13. The molecule has 12 heteroatoms. The molecule has 1 fully saturated rings. The molecule has 8 nitrogen and oxygen atoms in total. The molecule has 3 rings (SSSR count). The van der Waals surface area contributed by atoms with Crippen molar-refractivity contribution in [3.8, 4) is 0 Å². The number of rotatable bonds is 3. The molecule has 1 aliphatic rings. The summed E-state index contributed by atoms with van der Waals surface area (Å²) < 4.78 is 39.2. The Bertz CT molecular complexity index is 694. The first-order valence-electron chi connectivity index (χ1n) is 7.15. The highest BCUT2D eigenvalue weighted by Crippen LogP contribution is 2.34. The lowest BCUT2D eigenvalue weighted by Gasteiger charge is -2.35. The summed E-state index contributed by atoms with van der Waals surface area (Å²) in [4.78, 5) is 19.6. The van der Waals surface area contributed by atoms with Gasteiger partial charge >= 0.3 is 6.18 Å². The van der Waals surface area contributed by atoms with E-state index in [1.165, 1.54) is 17.3 Å². The Balaban J connectivity index is 1.59. The first-order chi connectivity index (χ1) is 11.4. The first-order valence-corrected chi connectivity index (χ1v) is 7.96. The smallest absolute Gasteiger partial charge is 0.343 e. The normalized spacial score (nSPS) is 17.2. The summed E-state index contributed by atoms with van der Waals surface area (Å²) in [7, 11) is 0. The topological polar surface area (TPSA) is 80.0 Å². The summed E-state index contributed by atoms with van der Waals surface area (Å²) in [5.74, 6) is -0.103. The van der Waals surface area contributed by atoms with E-state index < -0.39 is 17.2 Å². The quantitative estimate of drug-likeness (QED) is 0.813. The standard InChI is InChI=1S/C12H14F3N7OS/c1-8(22-7-16-6-17-22)9(23)20-2-4-21(5-3-20)11-19-18-10(24-11)12(13,14)15/h6-8H,2-5H2,1H3/t8-/m0/s1. The monoisotopic (exact) mass is 361 g/mol. The second kappa shape index (κ2) is 6.34. The molecule has 0 spiro atoms. The summed E-state index contributed by atoms with van der Waals surface area (Å²) in [5, 5.41) is 9.99. The van der Waals surface area contributed by atoms with Gasteiger partial charge in [0.2, 0.25) is 16.0 Å². The minimum Gasteiger partial charge on any atom is -0.343 e. The van der Waals surface area contributed by atoms with Crippen molar-refractivity contribution < 1.29 is 18.0 Å². The molecule has 1 aliphatic heterocycles. The number of hydrogen-bond donors (Lipinski definition) is 0. The minimum atomic E-state index is -4.49. The predicted octanol–water partition coefficient (Wildman–Crippen LogP) is 1.06. The average molecular weight is 361 g/mol. The summed E-state index contributed by atoms with van der Waals surface area (Å²) in [6, 6.07) is -0.475. The second-order valence-corrected chi connectivity index (χ2v) is 6.21. The number of carbonyl (C=O) groups is 1. The van der Waals surface area contributed by atoms with Gasteiger partial charge < -0.3 is 9.80 Å². The van der Waals surface area contributed by atoms with Crippen molar-refractivity contribution in [2.45, 2.75) is 19.1 Å². The SMILES string of the molecule is C[C@@H](C(=O)N1CCN(c2nnc(C(F)(F)F)s2)CC1)n1cncn1. The van der Waals surface area contributed by atoms with E-state index in [-0.39, 0.29) is 11.0 Å². The van der Waals surface area contributed by atoms with Crippen LogP contribution < -0.4 is 4.90 Å². The molecule has 24 heavy (non-hydrogen) atoms. The van der Waals surface area contributed by atoms with Crippen LogP contribution in [0.2, 0.25) is 0 Å². The van der Waals surface area contributed by atoms with Gasteiger partial charge in [-0.3, -0.25) is 4.79 Å². The Kier molecular flexibility index (Phi) is 4.39. The van der Waals surface area contributed by atoms with Crippen molar-refractivity contribution in [3.63, 3.8) is 0 Å². The number of piperazine rings is 1. The van der Waals surface area contributed by atoms with E-state index in [4.69, 9.17) is 0 Å². The lowest BCUT2D eigenvalue weighted by Crippen LogP contribution is -2.50. The van der Waals surface area contributed by atoms with Crippen LogP contribution in [0.15, 0.2) is 12.7 Å². The van der Waals surface area contributed by atoms with Crippen LogP contribution in [0.1, 0.15) is 18.0 Å². The van der Waals surface area contributed by atoms with Gasteiger partial charge in [-0.15, -0.1) is 10.2 Å². The molecule has 130 valence electrons. The third-order valence-electron chi connectivity index (χ3n) is 3.71. The van der Waals surface area contributed by atoms with Crippen LogP contribution in [0, 0.1) is 0 Å². The first kappa shape index (κ1) is 16.6. The molecule has 0 aliphatic carbocycles. The van der Waals surface area contributed by atoms with Crippen LogP contribution >= 0.6 is 11.3 Å². The fraction of sp³-hybridized carbons (Fsp3) is 0.583. The van der Waals surface area contributed by atoms with Crippen molar-refractivity contribution >= 4 is 22.4 Å². The van der Waals surface area contributed by atoms with Crippen LogP contribution in [0.5, 0.6) is 0 Å². The number of anilines is 1. The van der Waals surface area contributed by atoms with E-state index in [0.29, 0.717) is 37.5 Å². The lowest BCUT2D eigenvalue weighted by atomic mass is 10.2. The predicted molar refractivity (Wildman–Crippen MR) is 78.4 cm³/mol. The van der Waals surface area contributed by atoms with Crippen molar-refractivity contribution in [2.24, 2.45) is 0 Å². The molecule has 0 bridgehead atoms. The zero-order valence-electron chi connectivity index (χ0n) is 12.6. The molecule has 2 aromatic heterocycles. The zero-order chi connectivity index (χ0) is 17.3. The van der Waals surface area contributed by atoms with Gasteiger partial charge in [-0.05, 0) is 6.92 Å². The van der Waals surface area contributed by atoms with Crippen molar-refractivity contribution in [1.29, 1.82) is 0 Å². The molecule has 0 aromatic carbocycles. The molecule has 0 saturated carbocycles. The highest BCUT2D eigenvalue weighted by Gasteiger charge is 2.36.